The molecule has 2 heterocycles. The van der Waals surface area contributed by atoms with Crippen LogP contribution in [-0.4, -0.2) is 81.3 Å². The van der Waals surface area contributed by atoms with Gasteiger partial charge in [0.05, 0.1) is 4.90 Å². The number of amides is 1. The molecule has 8 heteroatoms. The van der Waals surface area contributed by atoms with Gasteiger partial charge in [-0.15, -0.1) is 0 Å². The van der Waals surface area contributed by atoms with Crippen molar-refractivity contribution in [2.75, 3.05) is 58.2 Å². The van der Waals surface area contributed by atoms with Gasteiger partial charge in [0.2, 0.25) is 15.9 Å². The molecule has 0 saturated carbocycles. The third-order valence-electron chi connectivity index (χ3n) is 5.63. The van der Waals surface area contributed by atoms with Gasteiger partial charge in [0.15, 0.2) is 0 Å². The summed E-state index contributed by atoms with van der Waals surface area (Å²) in [6, 6.07) is 6.28. The number of nitrogens with zero attached hydrogens (tertiary/aromatic N) is 3. The maximum Gasteiger partial charge on any atom is 0.247 e. The van der Waals surface area contributed by atoms with Gasteiger partial charge in [-0.1, -0.05) is 6.58 Å². The van der Waals surface area contributed by atoms with E-state index in [2.05, 4.69) is 28.7 Å². The number of benzene rings is 1. The molecule has 0 unspecified atom stereocenters. The number of nitrogens with one attached hydrogen (secondary N) is 1. The molecule has 0 aromatic heterocycles. The predicted molar refractivity (Wildman–Crippen MR) is 111 cm³/mol. The SMILES string of the molecule is C=CC(=O)Nc1ccc(S(=O)(=O)N2CCN(CC3CCN(C)CC3)CC2)cc1. The van der Waals surface area contributed by atoms with Crippen LogP contribution < -0.4 is 5.32 Å². The highest BCUT2D eigenvalue weighted by Gasteiger charge is 2.29. The molecule has 154 valence electrons. The van der Waals surface area contributed by atoms with E-state index < -0.39 is 10.0 Å². The number of rotatable bonds is 6. The molecular weight excluding hydrogens is 376 g/mol. The number of anilines is 1. The highest BCUT2D eigenvalue weighted by atomic mass is 32.2. The van der Waals surface area contributed by atoms with Crippen molar-refractivity contribution in [2.45, 2.75) is 17.7 Å². The largest absolute Gasteiger partial charge is 0.323 e. The summed E-state index contributed by atoms with van der Waals surface area (Å²) >= 11 is 0. The van der Waals surface area contributed by atoms with Gasteiger partial charge in [-0.25, -0.2) is 8.42 Å². The molecule has 28 heavy (non-hydrogen) atoms. The molecule has 2 aliphatic rings. The summed E-state index contributed by atoms with van der Waals surface area (Å²) in [5, 5.41) is 2.62. The zero-order chi connectivity index (χ0) is 20.1. The van der Waals surface area contributed by atoms with E-state index in [4.69, 9.17) is 0 Å². The summed E-state index contributed by atoms with van der Waals surface area (Å²) in [5.41, 5.74) is 0.548. The smallest absolute Gasteiger partial charge is 0.247 e. The number of sulfonamides is 1. The lowest BCUT2D eigenvalue weighted by molar-refractivity contribution is -0.111. The first-order valence-corrected chi connectivity index (χ1v) is 11.3. The van der Waals surface area contributed by atoms with Crippen LogP contribution in [0.2, 0.25) is 0 Å². The molecule has 7 nitrogen and oxygen atoms in total. The van der Waals surface area contributed by atoms with Gasteiger partial charge in [-0.2, -0.15) is 4.31 Å². The van der Waals surface area contributed by atoms with Crippen molar-refractivity contribution in [2.24, 2.45) is 5.92 Å². The number of piperazine rings is 1. The topological polar surface area (TPSA) is 73.0 Å². The van der Waals surface area contributed by atoms with Gasteiger partial charge >= 0.3 is 0 Å². The molecule has 0 aliphatic carbocycles. The van der Waals surface area contributed by atoms with Gasteiger partial charge in [-0.05, 0) is 69.2 Å². The van der Waals surface area contributed by atoms with E-state index in [1.165, 1.54) is 18.9 Å². The third-order valence-corrected chi connectivity index (χ3v) is 7.54. The third kappa shape index (κ3) is 5.20. The van der Waals surface area contributed by atoms with Crippen molar-refractivity contribution in [3.63, 3.8) is 0 Å². The van der Waals surface area contributed by atoms with E-state index >= 15 is 0 Å². The summed E-state index contributed by atoms with van der Waals surface area (Å²) in [5.74, 6) is 0.397. The summed E-state index contributed by atoms with van der Waals surface area (Å²) in [4.78, 5) is 16.4. The lowest BCUT2D eigenvalue weighted by Gasteiger charge is -2.37. The van der Waals surface area contributed by atoms with Gasteiger partial charge in [0.1, 0.15) is 0 Å². The minimum Gasteiger partial charge on any atom is -0.323 e. The Bertz CT molecular complexity index is 778. The van der Waals surface area contributed by atoms with Crippen molar-refractivity contribution >= 4 is 21.6 Å². The highest BCUT2D eigenvalue weighted by molar-refractivity contribution is 7.89. The Labute approximate surface area is 168 Å². The van der Waals surface area contributed by atoms with Crippen LogP contribution in [0.25, 0.3) is 0 Å². The molecular formula is C20H30N4O3S. The fraction of sp³-hybridized carbons (Fsp3) is 0.550. The summed E-state index contributed by atoms with van der Waals surface area (Å²) in [6.45, 7) is 9.37. The van der Waals surface area contributed by atoms with Crippen molar-refractivity contribution in [1.29, 1.82) is 0 Å². The Balaban J connectivity index is 1.54. The van der Waals surface area contributed by atoms with E-state index in [0.717, 1.165) is 38.6 Å². The fourth-order valence-corrected chi connectivity index (χ4v) is 5.24. The van der Waals surface area contributed by atoms with Crippen LogP contribution in [0, 0.1) is 5.92 Å². The molecule has 1 aromatic carbocycles. The lowest BCUT2D eigenvalue weighted by atomic mass is 9.96. The maximum atomic E-state index is 12.9. The molecule has 2 saturated heterocycles. The Hall–Kier alpha value is -1.74. The van der Waals surface area contributed by atoms with Crippen molar-refractivity contribution in [1.82, 2.24) is 14.1 Å². The molecule has 0 radical (unpaired) electrons. The Morgan fingerprint density at radius 1 is 1.11 bits per heavy atom. The molecule has 0 spiro atoms. The number of likely N-dealkylation sites (tertiary alicyclic amines) is 1. The zero-order valence-corrected chi connectivity index (χ0v) is 17.3. The fourth-order valence-electron chi connectivity index (χ4n) is 3.81. The van der Waals surface area contributed by atoms with Gasteiger partial charge < -0.3 is 15.1 Å². The Kier molecular flexibility index (Phi) is 6.87. The summed E-state index contributed by atoms with van der Waals surface area (Å²) in [6.07, 6.45) is 3.63. The van der Waals surface area contributed by atoms with Crippen LogP contribution >= 0.6 is 0 Å². The first-order chi connectivity index (χ1) is 13.4. The minimum atomic E-state index is -3.51. The number of hydrogen-bond donors (Lipinski definition) is 1. The van der Waals surface area contributed by atoms with E-state index in [1.54, 1.807) is 28.6 Å². The van der Waals surface area contributed by atoms with Crippen LogP contribution in [0.15, 0.2) is 41.8 Å². The number of carbonyl (C=O) groups is 1. The van der Waals surface area contributed by atoms with Crippen molar-refractivity contribution in [3.8, 4) is 0 Å². The van der Waals surface area contributed by atoms with Gasteiger partial charge in [-0.3, -0.25) is 4.79 Å². The van der Waals surface area contributed by atoms with Crippen LogP contribution in [0.1, 0.15) is 12.8 Å². The molecule has 1 N–H and O–H groups in total. The molecule has 2 aliphatic heterocycles. The summed E-state index contributed by atoms with van der Waals surface area (Å²) in [7, 11) is -1.34. The standard InChI is InChI=1S/C20H30N4O3S/c1-3-20(25)21-18-4-6-19(7-5-18)28(26,27)24-14-12-23(13-15-24)16-17-8-10-22(2)11-9-17/h3-7,17H,1,8-16H2,2H3,(H,21,25). The van der Waals surface area contributed by atoms with E-state index in [-0.39, 0.29) is 10.8 Å². The van der Waals surface area contributed by atoms with Crippen LogP contribution in [-0.2, 0) is 14.8 Å². The normalized spacial score (nSPS) is 20.8. The van der Waals surface area contributed by atoms with Crippen LogP contribution in [0.3, 0.4) is 0 Å². The lowest BCUT2D eigenvalue weighted by Crippen LogP contribution is -2.50. The average Bonchev–Trinajstić information content (AvgIpc) is 2.70. The monoisotopic (exact) mass is 406 g/mol. The second-order valence-electron chi connectivity index (χ2n) is 7.67. The second kappa shape index (κ2) is 9.17. The highest BCUT2D eigenvalue weighted by Crippen LogP contribution is 2.22. The van der Waals surface area contributed by atoms with Crippen LogP contribution in [0.4, 0.5) is 5.69 Å². The maximum absolute atomic E-state index is 12.9. The quantitative estimate of drug-likeness (QED) is 0.724. The molecule has 1 amide bonds. The van der Waals surface area contributed by atoms with E-state index in [0.29, 0.717) is 18.8 Å². The van der Waals surface area contributed by atoms with E-state index in [1.807, 2.05) is 0 Å². The first kappa shape index (κ1) is 21.0. The van der Waals surface area contributed by atoms with E-state index in [9.17, 15) is 13.2 Å². The zero-order valence-electron chi connectivity index (χ0n) is 16.5. The number of hydrogen-bond acceptors (Lipinski definition) is 5. The average molecular weight is 407 g/mol. The first-order valence-electron chi connectivity index (χ1n) is 9.83. The molecule has 1 aromatic rings. The summed E-state index contributed by atoms with van der Waals surface area (Å²) < 4.78 is 27.4. The van der Waals surface area contributed by atoms with Gasteiger partial charge in [0.25, 0.3) is 0 Å². The number of carbonyl (C=O) groups excluding carboxylic acids is 1. The molecule has 3 rings (SSSR count). The molecule has 0 atom stereocenters. The molecule has 2 fully saturated rings. The molecule has 0 bridgehead atoms. The van der Waals surface area contributed by atoms with Crippen LogP contribution in [0.5, 0.6) is 0 Å². The van der Waals surface area contributed by atoms with Crippen molar-refractivity contribution in [3.05, 3.63) is 36.9 Å². The van der Waals surface area contributed by atoms with Gasteiger partial charge in [0, 0.05) is 38.4 Å². The van der Waals surface area contributed by atoms with Crippen molar-refractivity contribution < 1.29 is 13.2 Å². The number of piperidine rings is 1. The minimum absolute atomic E-state index is 0.257. The Morgan fingerprint density at radius 2 is 1.71 bits per heavy atom. The Morgan fingerprint density at radius 3 is 2.29 bits per heavy atom. The predicted octanol–water partition coefficient (Wildman–Crippen LogP) is 1.46. The second-order valence-corrected chi connectivity index (χ2v) is 9.61.